The summed E-state index contributed by atoms with van der Waals surface area (Å²) in [5.41, 5.74) is 1.54. The van der Waals surface area contributed by atoms with Gasteiger partial charge in [0.25, 0.3) is 0 Å². The number of Topliss-reactive ketones (excluding diaryl/α,β-unsaturated/α-hetero) is 1. The number of allylic oxidation sites excluding steroid dienone is 2. The first kappa shape index (κ1) is 12.5. The van der Waals surface area contributed by atoms with Gasteiger partial charge in [-0.1, -0.05) is 32.4 Å². The summed E-state index contributed by atoms with van der Waals surface area (Å²) >= 11 is 0. The van der Waals surface area contributed by atoms with Gasteiger partial charge in [0.1, 0.15) is 5.78 Å². The van der Waals surface area contributed by atoms with Gasteiger partial charge in [-0.2, -0.15) is 0 Å². The average molecular weight is 208 g/mol. The lowest BCUT2D eigenvalue weighted by atomic mass is 9.75. The molecule has 1 aliphatic carbocycles. The largest absolute Gasteiger partial charge is 0.300 e. The Morgan fingerprint density at radius 1 is 1.47 bits per heavy atom. The van der Waals surface area contributed by atoms with E-state index in [-0.39, 0.29) is 0 Å². The van der Waals surface area contributed by atoms with E-state index in [1.165, 1.54) is 12.8 Å². The van der Waals surface area contributed by atoms with E-state index in [0.717, 1.165) is 24.7 Å². The molecule has 0 spiro atoms. The number of rotatable bonds is 4. The summed E-state index contributed by atoms with van der Waals surface area (Å²) in [5.74, 6) is 2.47. The van der Waals surface area contributed by atoms with Crippen LogP contribution >= 0.6 is 0 Å². The molecule has 0 aliphatic heterocycles. The van der Waals surface area contributed by atoms with E-state index in [4.69, 9.17) is 0 Å². The van der Waals surface area contributed by atoms with E-state index >= 15 is 0 Å². The molecule has 0 radical (unpaired) electrons. The minimum Gasteiger partial charge on any atom is -0.300 e. The summed E-state index contributed by atoms with van der Waals surface area (Å²) in [5, 5.41) is 0. The van der Waals surface area contributed by atoms with Crippen LogP contribution in [0.4, 0.5) is 0 Å². The zero-order valence-electron chi connectivity index (χ0n) is 10.5. The second-order valence-electron chi connectivity index (χ2n) is 5.35. The van der Waals surface area contributed by atoms with Crippen molar-refractivity contribution in [3.05, 3.63) is 11.6 Å². The molecule has 15 heavy (non-hydrogen) atoms. The van der Waals surface area contributed by atoms with Crippen molar-refractivity contribution in [1.29, 1.82) is 0 Å². The van der Waals surface area contributed by atoms with Gasteiger partial charge >= 0.3 is 0 Å². The first-order valence-electron chi connectivity index (χ1n) is 6.20. The minimum absolute atomic E-state index is 0.316. The maximum absolute atomic E-state index is 11.0. The van der Waals surface area contributed by atoms with Crippen LogP contribution < -0.4 is 0 Å². The van der Waals surface area contributed by atoms with Crippen LogP contribution in [0.3, 0.4) is 0 Å². The molecule has 0 aromatic heterocycles. The second-order valence-corrected chi connectivity index (χ2v) is 5.35. The molecular formula is C14H24O. The number of hydrogen-bond donors (Lipinski definition) is 0. The maximum Gasteiger partial charge on any atom is 0.130 e. The molecule has 2 unspecified atom stereocenters. The van der Waals surface area contributed by atoms with Crippen LogP contribution in [0.1, 0.15) is 53.4 Å². The number of hydrogen-bond acceptors (Lipinski definition) is 1. The molecule has 0 saturated heterocycles. The second kappa shape index (κ2) is 5.48. The summed E-state index contributed by atoms with van der Waals surface area (Å²) in [4.78, 5) is 11.0. The van der Waals surface area contributed by atoms with Gasteiger partial charge in [-0.25, -0.2) is 0 Å². The molecule has 86 valence electrons. The molecule has 1 aliphatic rings. The van der Waals surface area contributed by atoms with Crippen molar-refractivity contribution >= 4 is 5.78 Å². The number of carbonyl (C=O) groups excluding carboxylic acids is 1. The molecule has 0 aromatic rings. The molecule has 0 bridgehead atoms. The third kappa shape index (κ3) is 3.81. The monoisotopic (exact) mass is 208 g/mol. The Morgan fingerprint density at radius 3 is 2.67 bits per heavy atom. The van der Waals surface area contributed by atoms with E-state index in [0.29, 0.717) is 11.7 Å². The van der Waals surface area contributed by atoms with Crippen molar-refractivity contribution in [1.82, 2.24) is 0 Å². The van der Waals surface area contributed by atoms with Gasteiger partial charge in [0.15, 0.2) is 0 Å². The fourth-order valence-electron chi connectivity index (χ4n) is 2.55. The Kier molecular flexibility index (Phi) is 4.56. The molecule has 0 saturated carbocycles. The van der Waals surface area contributed by atoms with Crippen LogP contribution in [-0.4, -0.2) is 5.78 Å². The van der Waals surface area contributed by atoms with Crippen LogP contribution in [0.25, 0.3) is 0 Å². The maximum atomic E-state index is 11.0. The first-order valence-corrected chi connectivity index (χ1v) is 6.20. The third-order valence-electron chi connectivity index (χ3n) is 3.48. The molecule has 1 rings (SSSR count). The zero-order valence-corrected chi connectivity index (χ0v) is 10.5. The van der Waals surface area contributed by atoms with Gasteiger partial charge < -0.3 is 4.79 Å². The fraction of sp³-hybridized carbons (Fsp3) is 0.786. The summed E-state index contributed by atoms with van der Waals surface area (Å²) in [6, 6.07) is 0. The van der Waals surface area contributed by atoms with Crippen molar-refractivity contribution in [3.8, 4) is 0 Å². The van der Waals surface area contributed by atoms with Crippen molar-refractivity contribution in [2.75, 3.05) is 0 Å². The average Bonchev–Trinajstić information content (AvgIpc) is 2.14. The topological polar surface area (TPSA) is 17.1 Å². The van der Waals surface area contributed by atoms with Crippen LogP contribution in [-0.2, 0) is 4.79 Å². The normalized spacial score (nSPS) is 26.6. The highest BCUT2D eigenvalue weighted by Crippen LogP contribution is 2.35. The molecule has 0 heterocycles. The van der Waals surface area contributed by atoms with Crippen LogP contribution in [0.2, 0.25) is 0 Å². The lowest BCUT2D eigenvalue weighted by Crippen LogP contribution is -2.18. The number of carbonyl (C=O) groups is 1. The van der Waals surface area contributed by atoms with Crippen LogP contribution in [0.15, 0.2) is 11.6 Å². The molecule has 0 aromatic carbocycles. The summed E-state index contributed by atoms with van der Waals surface area (Å²) < 4.78 is 0. The van der Waals surface area contributed by atoms with Crippen LogP contribution in [0.5, 0.6) is 0 Å². The smallest absolute Gasteiger partial charge is 0.130 e. The van der Waals surface area contributed by atoms with E-state index in [1.807, 2.05) is 0 Å². The van der Waals surface area contributed by atoms with E-state index in [2.05, 4.69) is 26.8 Å². The van der Waals surface area contributed by atoms with E-state index in [9.17, 15) is 4.79 Å². The van der Waals surface area contributed by atoms with E-state index in [1.54, 1.807) is 12.5 Å². The Hall–Kier alpha value is -0.590. The zero-order chi connectivity index (χ0) is 11.4. The van der Waals surface area contributed by atoms with E-state index < -0.39 is 0 Å². The third-order valence-corrected chi connectivity index (χ3v) is 3.48. The fourth-order valence-corrected chi connectivity index (χ4v) is 2.55. The first-order chi connectivity index (χ1) is 7.00. The highest BCUT2D eigenvalue weighted by molar-refractivity contribution is 5.75. The van der Waals surface area contributed by atoms with Crippen LogP contribution in [0, 0.1) is 17.8 Å². The predicted molar refractivity (Wildman–Crippen MR) is 64.7 cm³/mol. The van der Waals surface area contributed by atoms with Gasteiger partial charge in [-0.15, -0.1) is 0 Å². The molecule has 0 fully saturated rings. The van der Waals surface area contributed by atoms with Gasteiger partial charge in [0.2, 0.25) is 0 Å². The standard InChI is InChI=1S/C14H24O/c1-10(2)14-8-5-11(3)9-13(14)7-6-12(4)15/h9-11,14H,5-8H2,1-4H3. The van der Waals surface area contributed by atoms with Crippen molar-refractivity contribution in [2.45, 2.75) is 53.4 Å². The van der Waals surface area contributed by atoms with Gasteiger partial charge in [-0.3, -0.25) is 0 Å². The SMILES string of the molecule is CC(=O)CCC1=CC(C)CCC1C(C)C. The van der Waals surface area contributed by atoms with Crippen molar-refractivity contribution in [2.24, 2.45) is 17.8 Å². The Bertz CT molecular complexity index is 250. The molecule has 2 atom stereocenters. The lowest BCUT2D eigenvalue weighted by molar-refractivity contribution is -0.117. The summed E-state index contributed by atoms with van der Waals surface area (Å²) in [6.07, 6.45) is 6.75. The van der Waals surface area contributed by atoms with Crippen molar-refractivity contribution < 1.29 is 4.79 Å². The Balaban J connectivity index is 2.65. The minimum atomic E-state index is 0.316. The Morgan fingerprint density at radius 2 is 2.13 bits per heavy atom. The van der Waals surface area contributed by atoms with Gasteiger partial charge in [0, 0.05) is 6.42 Å². The lowest BCUT2D eigenvalue weighted by Gasteiger charge is -2.30. The highest BCUT2D eigenvalue weighted by Gasteiger charge is 2.23. The predicted octanol–water partition coefficient (Wildman–Crippen LogP) is 3.98. The Labute approximate surface area is 93.9 Å². The van der Waals surface area contributed by atoms with Gasteiger partial charge in [0.05, 0.1) is 0 Å². The van der Waals surface area contributed by atoms with Crippen molar-refractivity contribution in [3.63, 3.8) is 0 Å². The molecule has 1 nitrogen and oxygen atoms in total. The molecule has 0 amide bonds. The summed E-state index contributed by atoms with van der Waals surface area (Å²) in [6.45, 7) is 8.56. The highest BCUT2D eigenvalue weighted by atomic mass is 16.1. The quantitative estimate of drug-likeness (QED) is 0.639. The summed E-state index contributed by atoms with van der Waals surface area (Å²) in [7, 11) is 0. The molecular weight excluding hydrogens is 184 g/mol. The number of ketones is 1. The molecule has 0 N–H and O–H groups in total. The van der Waals surface area contributed by atoms with Gasteiger partial charge in [-0.05, 0) is 43.9 Å². The molecule has 1 heteroatoms.